The third-order valence-electron chi connectivity index (χ3n) is 1.81. The van der Waals surface area contributed by atoms with Crippen LogP contribution in [0.4, 0.5) is 10.5 Å². The number of carbonyl (C=O) groups excluding carboxylic acids is 1. The molecular weight excluding hydrogens is 196 g/mol. The molecule has 1 N–H and O–H groups in total. The van der Waals surface area contributed by atoms with Gasteiger partial charge in [0.1, 0.15) is 0 Å². The van der Waals surface area contributed by atoms with Crippen LogP contribution >= 0.6 is 11.9 Å². The van der Waals surface area contributed by atoms with Gasteiger partial charge < -0.3 is 5.32 Å². The highest BCUT2D eigenvalue weighted by molar-refractivity contribution is 8.00. The maximum absolute atomic E-state index is 11.6. The van der Waals surface area contributed by atoms with Crippen LogP contribution in [0, 0.1) is 0 Å². The standard InChI is InChI=1S/C10H10N2OS/c13-10(12-7-4-8-14-12)11-9-5-2-1-3-6-9/h1-6,8H,7H2,(H,11,13). The third-order valence-corrected chi connectivity index (χ3v) is 2.69. The molecule has 1 heterocycles. The van der Waals surface area contributed by atoms with E-state index in [0.29, 0.717) is 6.54 Å². The van der Waals surface area contributed by atoms with Crippen LogP contribution in [0.1, 0.15) is 0 Å². The molecule has 72 valence electrons. The predicted molar refractivity (Wildman–Crippen MR) is 58.9 cm³/mol. The molecule has 0 saturated heterocycles. The lowest BCUT2D eigenvalue weighted by atomic mass is 10.3. The first-order valence-corrected chi connectivity index (χ1v) is 5.15. The number of benzene rings is 1. The molecule has 1 aliphatic heterocycles. The van der Waals surface area contributed by atoms with Crippen LogP contribution in [0.2, 0.25) is 0 Å². The molecular formula is C10H10N2OS. The van der Waals surface area contributed by atoms with Crippen molar-refractivity contribution in [3.63, 3.8) is 0 Å². The summed E-state index contributed by atoms with van der Waals surface area (Å²) >= 11 is 1.41. The van der Waals surface area contributed by atoms with Crippen LogP contribution < -0.4 is 5.32 Å². The Bertz CT molecular complexity index is 342. The maximum Gasteiger partial charge on any atom is 0.332 e. The molecule has 1 aromatic rings. The number of anilines is 1. The van der Waals surface area contributed by atoms with Crippen molar-refractivity contribution >= 4 is 23.7 Å². The fourth-order valence-corrected chi connectivity index (χ4v) is 1.77. The van der Waals surface area contributed by atoms with Crippen molar-refractivity contribution in [3.05, 3.63) is 41.8 Å². The molecule has 1 aliphatic rings. The van der Waals surface area contributed by atoms with Gasteiger partial charge in [-0.05, 0) is 29.5 Å². The van der Waals surface area contributed by atoms with Gasteiger partial charge in [0.2, 0.25) is 0 Å². The molecule has 0 saturated carbocycles. The van der Waals surface area contributed by atoms with E-state index in [-0.39, 0.29) is 6.03 Å². The SMILES string of the molecule is O=C(Nc1ccccc1)N1CC=CS1. The minimum atomic E-state index is -0.0776. The van der Waals surface area contributed by atoms with Crippen molar-refractivity contribution in [2.24, 2.45) is 0 Å². The van der Waals surface area contributed by atoms with Gasteiger partial charge in [0.25, 0.3) is 0 Å². The molecule has 0 unspecified atom stereocenters. The topological polar surface area (TPSA) is 32.3 Å². The molecule has 2 amide bonds. The summed E-state index contributed by atoms with van der Waals surface area (Å²) in [6.07, 6.45) is 1.95. The Morgan fingerprint density at radius 2 is 2.14 bits per heavy atom. The Hall–Kier alpha value is -1.42. The van der Waals surface area contributed by atoms with Gasteiger partial charge >= 0.3 is 6.03 Å². The van der Waals surface area contributed by atoms with Gasteiger partial charge in [0.05, 0.1) is 6.54 Å². The second-order valence-corrected chi connectivity index (χ2v) is 3.76. The van der Waals surface area contributed by atoms with Crippen LogP contribution in [0.25, 0.3) is 0 Å². The van der Waals surface area contributed by atoms with Gasteiger partial charge in [-0.15, -0.1) is 0 Å². The summed E-state index contributed by atoms with van der Waals surface area (Å²) in [6, 6.07) is 9.36. The molecule has 14 heavy (non-hydrogen) atoms. The largest absolute Gasteiger partial charge is 0.332 e. The number of carbonyl (C=O) groups is 1. The third kappa shape index (κ3) is 2.09. The Kier molecular flexibility index (Phi) is 2.74. The number of urea groups is 1. The number of nitrogens with zero attached hydrogens (tertiary/aromatic N) is 1. The summed E-state index contributed by atoms with van der Waals surface area (Å²) in [6.45, 7) is 0.670. The molecule has 1 aromatic carbocycles. The lowest BCUT2D eigenvalue weighted by molar-refractivity contribution is 0.241. The highest BCUT2D eigenvalue weighted by atomic mass is 32.2. The van der Waals surface area contributed by atoms with Crippen molar-refractivity contribution in [1.29, 1.82) is 0 Å². The summed E-state index contributed by atoms with van der Waals surface area (Å²) in [5.41, 5.74) is 0.824. The van der Waals surface area contributed by atoms with Crippen LogP contribution in [0.3, 0.4) is 0 Å². The highest BCUT2D eigenvalue weighted by Crippen LogP contribution is 2.19. The van der Waals surface area contributed by atoms with Crippen molar-refractivity contribution in [1.82, 2.24) is 4.31 Å². The van der Waals surface area contributed by atoms with E-state index in [2.05, 4.69) is 5.32 Å². The quantitative estimate of drug-likeness (QED) is 0.716. The van der Waals surface area contributed by atoms with Crippen molar-refractivity contribution in [2.45, 2.75) is 0 Å². The Labute approximate surface area is 86.9 Å². The lowest BCUT2D eigenvalue weighted by Gasteiger charge is -2.14. The maximum atomic E-state index is 11.6. The van der Waals surface area contributed by atoms with E-state index in [9.17, 15) is 4.79 Å². The zero-order chi connectivity index (χ0) is 9.80. The van der Waals surface area contributed by atoms with Crippen LogP contribution in [0.5, 0.6) is 0 Å². The average molecular weight is 206 g/mol. The van der Waals surface area contributed by atoms with E-state index in [4.69, 9.17) is 0 Å². The van der Waals surface area contributed by atoms with E-state index in [1.54, 1.807) is 4.31 Å². The first-order valence-electron chi connectivity index (χ1n) is 4.31. The minimum absolute atomic E-state index is 0.0776. The second kappa shape index (κ2) is 4.19. The fraction of sp³-hybridized carbons (Fsp3) is 0.100. The predicted octanol–water partition coefficient (Wildman–Crippen LogP) is 2.70. The van der Waals surface area contributed by atoms with E-state index >= 15 is 0 Å². The molecule has 3 nitrogen and oxygen atoms in total. The lowest BCUT2D eigenvalue weighted by Crippen LogP contribution is -2.27. The minimum Gasteiger partial charge on any atom is -0.307 e. The fourth-order valence-electron chi connectivity index (χ4n) is 1.14. The number of para-hydroxylation sites is 1. The molecule has 0 aliphatic carbocycles. The summed E-state index contributed by atoms with van der Waals surface area (Å²) in [5, 5.41) is 4.72. The number of nitrogens with one attached hydrogen (secondary N) is 1. The van der Waals surface area contributed by atoms with Gasteiger partial charge in [-0.25, -0.2) is 4.79 Å². The molecule has 0 spiro atoms. The molecule has 0 atom stereocenters. The average Bonchev–Trinajstić information content (AvgIpc) is 2.72. The Balaban J connectivity index is 1.95. The van der Waals surface area contributed by atoms with Gasteiger partial charge in [-0.3, -0.25) is 4.31 Å². The van der Waals surface area contributed by atoms with Crippen LogP contribution in [0.15, 0.2) is 41.8 Å². The molecule has 2 rings (SSSR count). The van der Waals surface area contributed by atoms with Gasteiger partial charge in [-0.1, -0.05) is 24.3 Å². The summed E-state index contributed by atoms with van der Waals surface area (Å²) in [5.74, 6) is 0. The Morgan fingerprint density at radius 3 is 2.79 bits per heavy atom. The van der Waals surface area contributed by atoms with Crippen molar-refractivity contribution in [3.8, 4) is 0 Å². The first-order chi connectivity index (χ1) is 6.86. The smallest absolute Gasteiger partial charge is 0.307 e. The monoisotopic (exact) mass is 206 g/mol. The van der Waals surface area contributed by atoms with Gasteiger partial charge in [-0.2, -0.15) is 0 Å². The van der Waals surface area contributed by atoms with Gasteiger partial charge in [0, 0.05) is 5.69 Å². The molecule has 0 radical (unpaired) electrons. The molecule has 0 aromatic heterocycles. The normalized spacial score (nSPS) is 14.4. The molecule has 4 heteroatoms. The summed E-state index contributed by atoms with van der Waals surface area (Å²) < 4.78 is 1.66. The zero-order valence-corrected chi connectivity index (χ0v) is 8.33. The van der Waals surface area contributed by atoms with E-state index in [1.165, 1.54) is 11.9 Å². The Morgan fingerprint density at radius 1 is 1.36 bits per heavy atom. The van der Waals surface area contributed by atoms with E-state index in [0.717, 1.165) is 5.69 Å². The molecule has 0 fully saturated rings. The van der Waals surface area contributed by atoms with Crippen molar-refractivity contribution < 1.29 is 4.79 Å². The second-order valence-electron chi connectivity index (χ2n) is 2.83. The highest BCUT2D eigenvalue weighted by Gasteiger charge is 2.14. The van der Waals surface area contributed by atoms with Gasteiger partial charge in [0.15, 0.2) is 0 Å². The summed E-state index contributed by atoms with van der Waals surface area (Å²) in [7, 11) is 0. The number of hydrogen-bond acceptors (Lipinski definition) is 2. The van der Waals surface area contributed by atoms with Crippen LogP contribution in [-0.2, 0) is 0 Å². The van der Waals surface area contributed by atoms with E-state index in [1.807, 2.05) is 41.8 Å². The number of hydrogen-bond donors (Lipinski definition) is 1. The first kappa shape index (κ1) is 9.15. The summed E-state index contributed by atoms with van der Waals surface area (Å²) in [4.78, 5) is 11.6. The van der Waals surface area contributed by atoms with Crippen molar-refractivity contribution in [2.75, 3.05) is 11.9 Å². The van der Waals surface area contributed by atoms with Crippen LogP contribution in [-0.4, -0.2) is 16.9 Å². The zero-order valence-electron chi connectivity index (χ0n) is 7.51. The number of rotatable bonds is 1. The molecule has 0 bridgehead atoms. The number of amides is 2. The van der Waals surface area contributed by atoms with E-state index < -0.39 is 0 Å².